The maximum atomic E-state index is 12.4. The van der Waals surface area contributed by atoms with E-state index < -0.39 is 17.7 Å². The van der Waals surface area contributed by atoms with Gasteiger partial charge in [-0.05, 0) is 36.8 Å². The van der Waals surface area contributed by atoms with E-state index in [-0.39, 0.29) is 6.61 Å². The number of nitrogens with zero attached hydrogens (tertiary/aromatic N) is 1. The number of hydrogen-bond acceptors (Lipinski definition) is 2. The molecule has 1 aromatic carbocycles. The van der Waals surface area contributed by atoms with Gasteiger partial charge in [-0.2, -0.15) is 13.2 Å². The molecule has 0 bridgehead atoms. The summed E-state index contributed by atoms with van der Waals surface area (Å²) in [6, 6.07) is 7.96. The molecule has 0 saturated carbocycles. The van der Waals surface area contributed by atoms with Crippen molar-refractivity contribution in [2.75, 3.05) is 0 Å². The molecule has 0 N–H and O–H groups in total. The monoisotopic (exact) mass is 297 g/mol. The van der Waals surface area contributed by atoms with E-state index in [2.05, 4.69) is 0 Å². The Morgan fingerprint density at radius 1 is 1.14 bits per heavy atom. The van der Waals surface area contributed by atoms with E-state index in [9.17, 15) is 18.0 Å². The molecule has 21 heavy (non-hydrogen) atoms. The van der Waals surface area contributed by atoms with Gasteiger partial charge in [-0.15, -0.1) is 0 Å². The lowest BCUT2D eigenvalue weighted by atomic mass is 10.1. The number of esters is 1. The van der Waals surface area contributed by atoms with Gasteiger partial charge < -0.3 is 9.30 Å². The van der Waals surface area contributed by atoms with E-state index in [0.717, 1.165) is 17.8 Å². The summed E-state index contributed by atoms with van der Waals surface area (Å²) in [4.78, 5) is 11.9. The lowest BCUT2D eigenvalue weighted by Gasteiger charge is -2.09. The highest BCUT2D eigenvalue weighted by Crippen LogP contribution is 2.29. The second-order valence-corrected chi connectivity index (χ2v) is 4.69. The van der Waals surface area contributed by atoms with Crippen LogP contribution in [0.1, 0.15) is 27.3 Å². The third-order valence-corrected chi connectivity index (χ3v) is 3.23. The average molecular weight is 297 g/mol. The zero-order chi connectivity index (χ0) is 15.6. The van der Waals surface area contributed by atoms with Gasteiger partial charge in [0, 0.05) is 12.7 Å². The van der Waals surface area contributed by atoms with Crippen molar-refractivity contribution in [3.8, 4) is 0 Å². The summed E-state index contributed by atoms with van der Waals surface area (Å²) in [7, 11) is 1.74. The summed E-state index contributed by atoms with van der Waals surface area (Å²) in [6.45, 7) is 1.79. The Balaban J connectivity index is 2.00. The number of rotatable bonds is 3. The minimum Gasteiger partial charge on any atom is -0.456 e. The molecule has 6 heteroatoms. The Morgan fingerprint density at radius 2 is 1.76 bits per heavy atom. The molecular weight excluding hydrogens is 283 g/mol. The summed E-state index contributed by atoms with van der Waals surface area (Å²) < 4.78 is 44.0. The van der Waals surface area contributed by atoms with Gasteiger partial charge in [-0.3, -0.25) is 0 Å². The predicted molar refractivity (Wildman–Crippen MR) is 70.7 cm³/mol. The molecule has 1 heterocycles. The number of aryl methyl sites for hydroxylation is 1. The second-order valence-electron chi connectivity index (χ2n) is 4.69. The molecule has 112 valence electrons. The van der Waals surface area contributed by atoms with Crippen molar-refractivity contribution in [2.45, 2.75) is 19.7 Å². The van der Waals surface area contributed by atoms with Crippen LogP contribution in [0.25, 0.3) is 0 Å². The van der Waals surface area contributed by atoms with Gasteiger partial charge in [0.25, 0.3) is 0 Å². The molecular formula is C15H14F3NO2. The summed E-state index contributed by atoms with van der Waals surface area (Å²) in [5.74, 6) is -0.509. The molecule has 0 aliphatic carbocycles. The predicted octanol–water partition coefficient (Wildman–Crippen LogP) is 3.71. The van der Waals surface area contributed by atoms with Gasteiger partial charge in [0.05, 0.1) is 5.56 Å². The highest BCUT2D eigenvalue weighted by Gasteiger charge is 2.29. The molecule has 0 amide bonds. The number of carbonyl (C=O) groups excluding carboxylic acids is 1. The summed E-state index contributed by atoms with van der Waals surface area (Å²) in [5.41, 5.74) is 1.09. The zero-order valence-corrected chi connectivity index (χ0v) is 11.6. The molecule has 2 rings (SSSR count). The van der Waals surface area contributed by atoms with E-state index in [1.54, 1.807) is 23.7 Å². The van der Waals surface area contributed by atoms with Crippen LogP contribution < -0.4 is 0 Å². The van der Waals surface area contributed by atoms with Gasteiger partial charge in [-0.1, -0.05) is 12.1 Å². The normalized spacial score (nSPS) is 11.5. The SMILES string of the molecule is Cc1ccc(C(=O)OCc2ccc(C(F)(F)F)cc2)n1C. The molecule has 0 saturated heterocycles. The first-order valence-electron chi connectivity index (χ1n) is 6.24. The molecule has 0 fully saturated rings. The average Bonchev–Trinajstić information content (AvgIpc) is 2.76. The largest absolute Gasteiger partial charge is 0.456 e. The first-order chi connectivity index (χ1) is 9.79. The number of halogens is 3. The topological polar surface area (TPSA) is 31.2 Å². The minimum atomic E-state index is -4.37. The molecule has 0 aliphatic rings. The highest BCUT2D eigenvalue weighted by atomic mass is 19.4. The summed E-state index contributed by atoms with van der Waals surface area (Å²) in [5, 5.41) is 0. The van der Waals surface area contributed by atoms with E-state index in [4.69, 9.17) is 4.74 Å². The van der Waals surface area contributed by atoms with Gasteiger partial charge in [-0.25, -0.2) is 4.79 Å². The Hall–Kier alpha value is -2.24. The van der Waals surface area contributed by atoms with E-state index in [1.807, 2.05) is 6.92 Å². The third-order valence-electron chi connectivity index (χ3n) is 3.23. The highest BCUT2D eigenvalue weighted by molar-refractivity contribution is 5.87. The molecule has 2 aromatic rings. The number of ether oxygens (including phenoxy) is 1. The number of benzene rings is 1. The smallest absolute Gasteiger partial charge is 0.416 e. The molecule has 0 aliphatic heterocycles. The van der Waals surface area contributed by atoms with E-state index in [0.29, 0.717) is 11.3 Å². The van der Waals surface area contributed by atoms with E-state index >= 15 is 0 Å². The standard InChI is InChI=1S/C15H14F3NO2/c1-10-3-8-13(19(10)2)14(20)21-9-11-4-6-12(7-5-11)15(16,17)18/h3-8H,9H2,1-2H3. The van der Waals surface area contributed by atoms with Crippen LogP contribution in [0.4, 0.5) is 13.2 Å². The van der Waals surface area contributed by atoms with Crippen molar-refractivity contribution in [2.24, 2.45) is 7.05 Å². The lowest BCUT2D eigenvalue weighted by Crippen LogP contribution is -2.11. The van der Waals surface area contributed by atoms with Crippen molar-refractivity contribution in [3.63, 3.8) is 0 Å². The summed E-state index contributed by atoms with van der Waals surface area (Å²) in [6.07, 6.45) is -4.37. The summed E-state index contributed by atoms with van der Waals surface area (Å²) >= 11 is 0. The molecule has 3 nitrogen and oxygen atoms in total. The lowest BCUT2D eigenvalue weighted by molar-refractivity contribution is -0.137. The maximum Gasteiger partial charge on any atom is 0.416 e. The Morgan fingerprint density at radius 3 is 2.24 bits per heavy atom. The zero-order valence-electron chi connectivity index (χ0n) is 11.6. The maximum absolute atomic E-state index is 12.4. The first-order valence-corrected chi connectivity index (χ1v) is 6.24. The second kappa shape index (κ2) is 5.63. The molecule has 0 atom stereocenters. The van der Waals surface area contributed by atoms with Gasteiger partial charge in [0.2, 0.25) is 0 Å². The van der Waals surface area contributed by atoms with Crippen LogP contribution in [0.5, 0.6) is 0 Å². The van der Waals surface area contributed by atoms with Crippen LogP contribution in [-0.4, -0.2) is 10.5 Å². The number of aromatic nitrogens is 1. The van der Waals surface area contributed by atoms with E-state index in [1.165, 1.54) is 12.1 Å². The van der Waals surface area contributed by atoms with Crippen LogP contribution in [0.2, 0.25) is 0 Å². The van der Waals surface area contributed by atoms with Crippen molar-refractivity contribution in [1.82, 2.24) is 4.57 Å². The molecule has 0 unspecified atom stereocenters. The van der Waals surface area contributed by atoms with Crippen LogP contribution >= 0.6 is 0 Å². The van der Waals surface area contributed by atoms with Crippen LogP contribution in [0, 0.1) is 6.92 Å². The first kappa shape index (κ1) is 15.2. The van der Waals surface area contributed by atoms with Crippen LogP contribution in [0.15, 0.2) is 36.4 Å². The van der Waals surface area contributed by atoms with Gasteiger partial charge in [0.1, 0.15) is 12.3 Å². The quantitative estimate of drug-likeness (QED) is 0.809. The Bertz CT molecular complexity index is 642. The van der Waals surface area contributed by atoms with Crippen molar-refractivity contribution in [1.29, 1.82) is 0 Å². The van der Waals surface area contributed by atoms with Crippen molar-refractivity contribution >= 4 is 5.97 Å². The van der Waals surface area contributed by atoms with Crippen LogP contribution in [-0.2, 0) is 24.6 Å². The molecule has 0 radical (unpaired) electrons. The third kappa shape index (κ3) is 3.45. The fraction of sp³-hybridized carbons (Fsp3) is 0.267. The van der Waals surface area contributed by atoms with Crippen LogP contribution in [0.3, 0.4) is 0 Å². The molecule has 1 aromatic heterocycles. The van der Waals surface area contributed by atoms with Gasteiger partial charge in [0.15, 0.2) is 0 Å². The van der Waals surface area contributed by atoms with Crippen molar-refractivity contribution in [3.05, 3.63) is 58.9 Å². The Kier molecular flexibility index (Phi) is 4.06. The fourth-order valence-electron chi connectivity index (χ4n) is 1.83. The Labute approximate surface area is 120 Å². The number of alkyl halides is 3. The number of carbonyl (C=O) groups is 1. The van der Waals surface area contributed by atoms with Gasteiger partial charge >= 0.3 is 12.1 Å². The fourth-order valence-corrected chi connectivity index (χ4v) is 1.83. The minimum absolute atomic E-state index is 0.0683. The molecule has 0 spiro atoms. The van der Waals surface area contributed by atoms with Crippen molar-refractivity contribution < 1.29 is 22.7 Å². The number of hydrogen-bond donors (Lipinski definition) is 0.